The van der Waals surface area contributed by atoms with Crippen LogP contribution in [-0.4, -0.2) is 35.4 Å². The Labute approximate surface area is 117 Å². The predicted molar refractivity (Wildman–Crippen MR) is 70.7 cm³/mol. The van der Waals surface area contributed by atoms with Crippen LogP contribution in [0.25, 0.3) is 0 Å². The zero-order valence-corrected chi connectivity index (χ0v) is 11.3. The van der Waals surface area contributed by atoms with Crippen LogP contribution in [0, 0.1) is 0 Å². The Balaban J connectivity index is 2.12. The Morgan fingerprint density at radius 2 is 1.60 bits per heavy atom. The van der Waals surface area contributed by atoms with E-state index >= 15 is 0 Å². The fourth-order valence-corrected chi connectivity index (χ4v) is 1.72. The molecule has 1 aromatic rings. The number of rotatable bonds is 10. The van der Waals surface area contributed by atoms with E-state index in [1.54, 1.807) is 0 Å². The molecule has 0 spiro atoms. The lowest BCUT2D eigenvalue weighted by molar-refractivity contribution is 0.0456. The molecule has 0 aliphatic carbocycles. The van der Waals surface area contributed by atoms with Crippen LogP contribution in [-0.2, 0) is 4.74 Å². The maximum absolute atomic E-state index is 11.5. The zero-order valence-electron chi connectivity index (χ0n) is 11.3. The second-order valence-corrected chi connectivity index (χ2v) is 4.45. The van der Waals surface area contributed by atoms with Gasteiger partial charge in [0.05, 0.1) is 6.61 Å². The van der Waals surface area contributed by atoms with Crippen molar-refractivity contribution in [3.05, 3.63) is 23.7 Å². The lowest BCUT2D eigenvalue weighted by Gasteiger charge is -2.03. The minimum atomic E-state index is -1.22. The van der Waals surface area contributed by atoms with Crippen LogP contribution >= 0.6 is 0 Å². The monoisotopic (exact) mass is 284 g/mol. The first-order valence-corrected chi connectivity index (χ1v) is 6.76. The molecule has 20 heavy (non-hydrogen) atoms. The lowest BCUT2D eigenvalue weighted by Crippen LogP contribution is -2.05. The number of esters is 1. The number of aliphatic hydroxyl groups is 1. The fourth-order valence-electron chi connectivity index (χ4n) is 1.72. The number of furan rings is 1. The number of unbranched alkanes of at least 4 members (excludes halogenated alkanes) is 5. The molecule has 0 radical (unpaired) electrons. The van der Waals surface area contributed by atoms with Crippen molar-refractivity contribution in [3.8, 4) is 0 Å². The van der Waals surface area contributed by atoms with Crippen molar-refractivity contribution in [1.82, 2.24) is 0 Å². The van der Waals surface area contributed by atoms with Gasteiger partial charge in [-0.15, -0.1) is 0 Å². The average Bonchev–Trinajstić information content (AvgIpc) is 2.91. The summed E-state index contributed by atoms with van der Waals surface area (Å²) in [5, 5.41) is 17.3. The molecule has 0 atom stereocenters. The van der Waals surface area contributed by atoms with Gasteiger partial charge in [-0.2, -0.15) is 0 Å². The smallest absolute Gasteiger partial charge is 0.374 e. The summed E-state index contributed by atoms with van der Waals surface area (Å²) in [6.45, 7) is 0.529. The Kier molecular flexibility index (Phi) is 7.42. The molecule has 0 saturated heterocycles. The third kappa shape index (κ3) is 5.88. The highest BCUT2D eigenvalue weighted by Crippen LogP contribution is 2.10. The SMILES string of the molecule is O=C(O)c1ccc(C(=O)OCCCCCCCCO)o1. The molecule has 6 heteroatoms. The molecule has 0 amide bonds. The number of carboxylic acids is 1. The molecule has 0 aromatic carbocycles. The Hall–Kier alpha value is -1.82. The highest BCUT2D eigenvalue weighted by molar-refractivity contribution is 5.89. The van der Waals surface area contributed by atoms with Crippen LogP contribution in [0.15, 0.2) is 16.5 Å². The minimum absolute atomic E-state index is 0.0923. The van der Waals surface area contributed by atoms with E-state index in [1.807, 2.05) is 0 Å². The molecule has 0 fully saturated rings. The number of ether oxygens (including phenoxy) is 1. The van der Waals surface area contributed by atoms with Crippen LogP contribution < -0.4 is 0 Å². The van der Waals surface area contributed by atoms with E-state index in [1.165, 1.54) is 12.1 Å². The van der Waals surface area contributed by atoms with Gasteiger partial charge >= 0.3 is 11.9 Å². The lowest BCUT2D eigenvalue weighted by atomic mass is 10.1. The number of hydrogen-bond acceptors (Lipinski definition) is 5. The van der Waals surface area contributed by atoms with Crippen LogP contribution in [0.1, 0.15) is 59.6 Å². The molecular formula is C14H20O6. The van der Waals surface area contributed by atoms with E-state index in [9.17, 15) is 9.59 Å². The van der Waals surface area contributed by atoms with E-state index in [2.05, 4.69) is 0 Å². The van der Waals surface area contributed by atoms with E-state index < -0.39 is 11.9 Å². The van der Waals surface area contributed by atoms with Gasteiger partial charge < -0.3 is 19.4 Å². The number of aliphatic hydroxyl groups excluding tert-OH is 1. The molecule has 0 unspecified atom stereocenters. The number of hydrogen-bond donors (Lipinski definition) is 2. The molecule has 1 aromatic heterocycles. The summed E-state index contributed by atoms with van der Waals surface area (Å²) < 4.78 is 9.81. The maximum atomic E-state index is 11.5. The van der Waals surface area contributed by atoms with Gasteiger partial charge in [0.15, 0.2) is 0 Å². The molecule has 1 rings (SSSR count). The highest BCUT2D eigenvalue weighted by Gasteiger charge is 2.15. The average molecular weight is 284 g/mol. The highest BCUT2D eigenvalue weighted by atomic mass is 16.5. The quantitative estimate of drug-likeness (QED) is 0.506. The van der Waals surface area contributed by atoms with Crippen molar-refractivity contribution in [2.75, 3.05) is 13.2 Å². The Morgan fingerprint density at radius 1 is 1.00 bits per heavy atom. The van der Waals surface area contributed by atoms with Crippen molar-refractivity contribution in [1.29, 1.82) is 0 Å². The molecule has 0 aliphatic rings. The predicted octanol–water partition coefficient (Wildman–Crippen LogP) is 2.47. The summed E-state index contributed by atoms with van der Waals surface area (Å²) in [6, 6.07) is 2.51. The third-order valence-electron chi connectivity index (χ3n) is 2.80. The molecule has 0 saturated carbocycles. The molecule has 0 bridgehead atoms. The van der Waals surface area contributed by atoms with Gasteiger partial charge in [0.2, 0.25) is 11.5 Å². The normalized spacial score (nSPS) is 10.4. The van der Waals surface area contributed by atoms with Crippen molar-refractivity contribution in [2.45, 2.75) is 38.5 Å². The minimum Gasteiger partial charge on any atom is -0.475 e. The molecule has 112 valence electrons. The van der Waals surface area contributed by atoms with Gasteiger partial charge in [0.25, 0.3) is 0 Å². The van der Waals surface area contributed by atoms with Crippen molar-refractivity contribution >= 4 is 11.9 Å². The van der Waals surface area contributed by atoms with Crippen molar-refractivity contribution in [3.63, 3.8) is 0 Å². The first-order valence-electron chi connectivity index (χ1n) is 6.76. The van der Waals surface area contributed by atoms with E-state index in [-0.39, 0.29) is 18.1 Å². The largest absolute Gasteiger partial charge is 0.475 e. The summed E-state index contributed by atoms with van der Waals surface area (Å²) >= 11 is 0. The topological polar surface area (TPSA) is 97.0 Å². The summed E-state index contributed by atoms with van der Waals surface area (Å²) in [5.74, 6) is -2.23. The van der Waals surface area contributed by atoms with Crippen molar-refractivity contribution < 1.29 is 29.0 Å². The van der Waals surface area contributed by atoms with E-state index in [4.69, 9.17) is 19.4 Å². The van der Waals surface area contributed by atoms with Crippen LogP contribution in [0.4, 0.5) is 0 Å². The first-order chi connectivity index (χ1) is 9.65. The molecular weight excluding hydrogens is 264 g/mol. The number of carboxylic acid groups (broad SMARTS) is 1. The first kappa shape index (κ1) is 16.2. The summed E-state index contributed by atoms with van der Waals surface area (Å²) in [6.07, 6.45) is 5.67. The van der Waals surface area contributed by atoms with Gasteiger partial charge in [-0.25, -0.2) is 9.59 Å². The summed E-state index contributed by atoms with van der Waals surface area (Å²) in [4.78, 5) is 22.1. The van der Waals surface area contributed by atoms with Crippen LogP contribution in [0.5, 0.6) is 0 Å². The second-order valence-electron chi connectivity index (χ2n) is 4.45. The van der Waals surface area contributed by atoms with Gasteiger partial charge in [0.1, 0.15) is 0 Å². The van der Waals surface area contributed by atoms with Crippen LogP contribution in [0.3, 0.4) is 0 Å². The molecule has 6 nitrogen and oxygen atoms in total. The number of carbonyl (C=O) groups excluding carboxylic acids is 1. The van der Waals surface area contributed by atoms with Crippen LogP contribution in [0.2, 0.25) is 0 Å². The standard InChI is InChI=1S/C14H20O6/c15-9-5-3-1-2-4-6-10-19-14(18)12-8-7-11(20-12)13(16)17/h7-8,15H,1-6,9-10H2,(H,16,17). The Morgan fingerprint density at radius 3 is 2.20 bits per heavy atom. The van der Waals surface area contributed by atoms with Gasteiger partial charge in [0, 0.05) is 6.61 Å². The zero-order chi connectivity index (χ0) is 14.8. The van der Waals surface area contributed by atoms with E-state index in [0.29, 0.717) is 6.61 Å². The third-order valence-corrected chi connectivity index (χ3v) is 2.80. The van der Waals surface area contributed by atoms with Gasteiger partial charge in [-0.3, -0.25) is 0 Å². The summed E-state index contributed by atoms with van der Waals surface area (Å²) in [7, 11) is 0. The summed E-state index contributed by atoms with van der Waals surface area (Å²) in [5.41, 5.74) is 0. The number of carbonyl (C=O) groups is 2. The van der Waals surface area contributed by atoms with E-state index in [0.717, 1.165) is 38.5 Å². The maximum Gasteiger partial charge on any atom is 0.374 e. The molecule has 2 N–H and O–H groups in total. The second kappa shape index (κ2) is 9.14. The Bertz CT molecular complexity index is 423. The fraction of sp³-hybridized carbons (Fsp3) is 0.571. The van der Waals surface area contributed by atoms with Gasteiger partial charge in [-0.05, 0) is 25.0 Å². The molecule has 0 aliphatic heterocycles. The van der Waals surface area contributed by atoms with Crippen molar-refractivity contribution in [2.24, 2.45) is 0 Å². The molecule has 1 heterocycles. The van der Waals surface area contributed by atoms with Gasteiger partial charge in [-0.1, -0.05) is 25.7 Å². The number of aromatic carboxylic acids is 1.